The van der Waals surface area contributed by atoms with Crippen molar-refractivity contribution >= 4 is 58.8 Å². The van der Waals surface area contributed by atoms with Crippen LogP contribution < -0.4 is 19.7 Å². The molecule has 2 aromatic carbocycles. The van der Waals surface area contributed by atoms with Crippen LogP contribution in [0.15, 0.2) is 42.0 Å². The summed E-state index contributed by atoms with van der Waals surface area (Å²) >= 11 is 12.2. The molecule has 0 unspecified atom stereocenters. The maximum absolute atomic E-state index is 12.9. The van der Waals surface area contributed by atoms with Gasteiger partial charge in [0.15, 0.2) is 12.4 Å². The maximum Gasteiger partial charge on any atom is 0.341 e. The van der Waals surface area contributed by atoms with Crippen molar-refractivity contribution in [2.24, 2.45) is 0 Å². The van der Waals surface area contributed by atoms with Crippen LogP contribution in [0.2, 0.25) is 10.0 Å². The lowest BCUT2D eigenvalue weighted by molar-refractivity contribution is -0.139. The molecule has 0 radical (unpaired) electrons. The summed E-state index contributed by atoms with van der Waals surface area (Å²) in [6.07, 6.45) is 1.21. The number of methoxy groups -OCH3 is 1. The Labute approximate surface area is 185 Å². The molecule has 11 heteroatoms. The van der Waals surface area contributed by atoms with E-state index in [9.17, 15) is 19.2 Å². The van der Waals surface area contributed by atoms with Gasteiger partial charge < -0.3 is 14.6 Å². The Hall–Kier alpha value is -3.56. The van der Waals surface area contributed by atoms with Crippen molar-refractivity contribution in [1.29, 1.82) is 0 Å². The first kappa shape index (κ1) is 22.1. The summed E-state index contributed by atoms with van der Waals surface area (Å²) in [5.41, 5.74) is 0.164. The van der Waals surface area contributed by atoms with Crippen molar-refractivity contribution in [3.05, 3.63) is 57.6 Å². The number of carboxylic acid groups (broad SMARTS) is 1. The number of aliphatic carboxylic acids is 1. The van der Waals surface area contributed by atoms with Gasteiger partial charge in [0.1, 0.15) is 11.3 Å². The van der Waals surface area contributed by atoms with Crippen LogP contribution in [0.3, 0.4) is 0 Å². The molecular weight excluding hydrogens is 451 g/mol. The molecule has 9 nitrogen and oxygen atoms in total. The van der Waals surface area contributed by atoms with Gasteiger partial charge in [0.05, 0.1) is 22.8 Å². The van der Waals surface area contributed by atoms with Crippen molar-refractivity contribution in [1.82, 2.24) is 5.32 Å². The fraction of sp³-hybridized carbons (Fsp3) is 0.100. The van der Waals surface area contributed by atoms with E-state index in [2.05, 4.69) is 5.32 Å². The zero-order valence-corrected chi connectivity index (χ0v) is 17.4. The van der Waals surface area contributed by atoms with Crippen LogP contribution in [0.25, 0.3) is 6.08 Å². The SMILES string of the molecule is COc1ccc(N2C(=O)NC(=O)/C(=C/c3cc(Cl)c(OCC(=O)O)c(Cl)c3)C2=O)cc1. The summed E-state index contributed by atoms with van der Waals surface area (Å²) in [5, 5.41) is 10.8. The minimum atomic E-state index is -1.22. The number of carbonyl (C=O) groups is 4. The molecule has 0 saturated carbocycles. The molecule has 1 fully saturated rings. The number of benzene rings is 2. The number of barbiturate groups is 1. The largest absolute Gasteiger partial charge is 0.497 e. The van der Waals surface area contributed by atoms with E-state index in [0.29, 0.717) is 5.75 Å². The predicted molar refractivity (Wildman–Crippen MR) is 112 cm³/mol. The predicted octanol–water partition coefficient (Wildman–Crippen LogP) is 3.13. The maximum atomic E-state index is 12.9. The molecule has 0 aromatic heterocycles. The van der Waals surface area contributed by atoms with E-state index >= 15 is 0 Å². The molecule has 4 amide bonds. The second-order valence-electron chi connectivity index (χ2n) is 6.15. The summed E-state index contributed by atoms with van der Waals surface area (Å²) in [7, 11) is 1.47. The molecule has 31 heavy (non-hydrogen) atoms. The fourth-order valence-electron chi connectivity index (χ4n) is 2.72. The highest BCUT2D eigenvalue weighted by Crippen LogP contribution is 2.35. The first-order chi connectivity index (χ1) is 14.7. The number of carbonyl (C=O) groups excluding carboxylic acids is 3. The minimum Gasteiger partial charge on any atom is -0.497 e. The monoisotopic (exact) mass is 464 g/mol. The molecule has 160 valence electrons. The average molecular weight is 465 g/mol. The summed E-state index contributed by atoms with van der Waals surface area (Å²) in [4.78, 5) is 48.9. The second-order valence-corrected chi connectivity index (χ2v) is 6.97. The van der Waals surface area contributed by atoms with Crippen molar-refractivity contribution in [2.75, 3.05) is 18.6 Å². The molecule has 0 spiro atoms. The fourth-order valence-corrected chi connectivity index (χ4v) is 3.34. The first-order valence-electron chi connectivity index (χ1n) is 8.60. The third-order valence-electron chi connectivity index (χ3n) is 4.10. The molecule has 1 heterocycles. The lowest BCUT2D eigenvalue weighted by Crippen LogP contribution is -2.54. The molecule has 2 aromatic rings. The van der Waals surface area contributed by atoms with Crippen LogP contribution in [-0.2, 0) is 14.4 Å². The molecular formula is C20H14Cl2N2O7. The van der Waals surface area contributed by atoms with Crippen LogP contribution >= 0.6 is 23.2 Å². The second kappa shape index (κ2) is 9.07. The lowest BCUT2D eigenvalue weighted by Gasteiger charge is -2.26. The highest BCUT2D eigenvalue weighted by Gasteiger charge is 2.36. The van der Waals surface area contributed by atoms with E-state index in [4.69, 9.17) is 37.8 Å². The van der Waals surface area contributed by atoms with Gasteiger partial charge in [-0.05, 0) is 48.0 Å². The van der Waals surface area contributed by atoms with Gasteiger partial charge in [0, 0.05) is 0 Å². The number of amides is 4. The standard InChI is InChI=1S/C20H14Cl2N2O7/c1-30-12-4-2-11(3-5-12)24-19(28)13(18(27)23-20(24)29)6-10-7-14(21)17(15(22)8-10)31-9-16(25)26/h2-8H,9H2,1H3,(H,25,26)(H,23,27,29)/b13-6-. The van der Waals surface area contributed by atoms with Crippen molar-refractivity contribution < 1.29 is 33.8 Å². The van der Waals surface area contributed by atoms with Crippen LogP contribution in [0, 0.1) is 0 Å². The number of ether oxygens (including phenoxy) is 2. The van der Waals surface area contributed by atoms with Gasteiger partial charge in [0.2, 0.25) is 0 Å². The lowest BCUT2D eigenvalue weighted by atomic mass is 10.1. The summed E-state index contributed by atoms with van der Waals surface area (Å²) in [6, 6.07) is 7.89. The molecule has 0 atom stereocenters. The zero-order chi connectivity index (χ0) is 22.7. The van der Waals surface area contributed by atoms with Crippen LogP contribution in [-0.4, -0.2) is 42.6 Å². The van der Waals surface area contributed by atoms with Crippen molar-refractivity contribution in [3.63, 3.8) is 0 Å². The third kappa shape index (κ3) is 4.79. The number of carboxylic acids is 1. The van der Waals surface area contributed by atoms with Crippen LogP contribution in [0.1, 0.15) is 5.56 Å². The van der Waals surface area contributed by atoms with Gasteiger partial charge in [0.25, 0.3) is 11.8 Å². The molecule has 2 N–H and O–H groups in total. The Morgan fingerprint density at radius 1 is 1.13 bits per heavy atom. The normalized spacial score (nSPS) is 15.1. The van der Waals surface area contributed by atoms with Crippen LogP contribution in [0.4, 0.5) is 10.5 Å². The molecule has 3 rings (SSSR count). The van der Waals surface area contributed by atoms with Crippen molar-refractivity contribution in [2.45, 2.75) is 0 Å². The number of hydrogen-bond donors (Lipinski definition) is 2. The van der Waals surface area contributed by atoms with E-state index in [-0.39, 0.29) is 32.6 Å². The molecule has 1 aliphatic rings. The number of halogens is 2. The van der Waals surface area contributed by atoms with E-state index in [0.717, 1.165) is 4.90 Å². The summed E-state index contributed by atoms with van der Waals surface area (Å²) < 4.78 is 10.1. The van der Waals surface area contributed by atoms with E-state index < -0.39 is 30.4 Å². The number of anilines is 1. The number of nitrogens with one attached hydrogen (secondary N) is 1. The minimum absolute atomic E-state index is 0.0210. The average Bonchev–Trinajstić information content (AvgIpc) is 2.70. The number of imide groups is 2. The Kier molecular flexibility index (Phi) is 6.47. The summed E-state index contributed by atoms with van der Waals surface area (Å²) in [6.45, 7) is -0.653. The Balaban J connectivity index is 1.95. The van der Waals surface area contributed by atoms with Crippen LogP contribution in [0.5, 0.6) is 11.5 Å². The molecule has 1 saturated heterocycles. The van der Waals surface area contributed by atoms with Gasteiger partial charge >= 0.3 is 12.0 Å². The highest BCUT2D eigenvalue weighted by molar-refractivity contribution is 6.40. The van der Waals surface area contributed by atoms with Gasteiger partial charge in [-0.2, -0.15) is 0 Å². The number of rotatable bonds is 6. The van der Waals surface area contributed by atoms with E-state index in [1.165, 1.54) is 37.5 Å². The van der Waals surface area contributed by atoms with Gasteiger partial charge in [-0.3, -0.25) is 14.9 Å². The molecule has 0 bridgehead atoms. The quantitative estimate of drug-likeness (QED) is 0.497. The summed E-state index contributed by atoms with van der Waals surface area (Å²) in [5.74, 6) is -2.49. The van der Waals surface area contributed by atoms with Gasteiger partial charge in [-0.25, -0.2) is 14.5 Å². The van der Waals surface area contributed by atoms with Gasteiger partial charge in [-0.1, -0.05) is 23.2 Å². The first-order valence-corrected chi connectivity index (χ1v) is 9.36. The van der Waals surface area contributed by atoms with Gasteiger partial charge in [-0.15, -0.1) is 0 Å². The highest BCUT2D eigenvalue weighted by atomic mass is 35.5. The Bertz CT molecular complexity index is 1090. The number of hydrogen-bond acceptors (Lipinski definition) is 6. The number of nitrogens with zero attached hydrogens (tertiary/aromatic N) is 1. The topological polar surface area (TPSA) is 122 Å². The molecule has 1 aliphatic heterocycles. The van der Waals surface area contributed by atoms with E-state index in [1.54, 1.807) is 12.1 Å². The Morgan fingerprint density at radius 2 is 1.74 bits per heavy atom. The Morgan fingerprint density at radius 3 is 2.29 bits per heavy atom. The zero-order valence-electron chi connectivity index (χ0n) is 15.8. The smallest absolute Gasteiger partial charge is 0.341 e. The van der Waals surface area contributed by atoms with Crippen molar-refractivity contribution in [3.8, 4) is 11.5 Å². The number of urea groups is 1. The van der Waals surface area contributed by atoms with E-state index in [1.807, 2.05) is 0 Å². The third-order valence-corrected chi connectivity index (χ3v) is 4.67. The molecule has 0 aliphatic carbocycles.